The van der Waals surface area contributed by atoms with Gasteiger partial charge >= 0.3 is 6.01 Å². The van der Waals surface area contributed by atoms with Crippen molar-refractivity contribution in [1.29, 1.82) is 0 Å². The molecule has 100 valence electrons. The van der Waals surface area contributed by atoms with Crippen LogP contribution in [0.5, 0.6) is 6.01 Å². The van der Waals surface area contributed by atoms with E-state index in [1.54, 1.807) is 18.5 Å². The highest BCUT2D eigenvalue weighted by atomic mass is 16.5. The first-order valence-electron chi connectivity index (χ1n) is 6.45. The molecule has 0 amide bonds. The number of nitrogen functional groups attached to an aromatic ring is 1. The van der Waals surface area contributed by atoms with Crippen molar-refractivity contribution in [1.82, 2.24) is 24.7 Å². The molecule has 1 saturated carbocycles. The van der Waals surface area contributed by atoms with E-state index in [1.807, 2.05) is 0 Å². The van der Waals surface area contributed by atoms with Gasteiger partial charge in [0.25, 0.3) is 5.95 Å². The van der Waals surface area contributed by atoms with Crippen LogP contribution in [0.25, 0.3) is 5.95 Å². The average Bonchev–Trinajstić information content (AvgIpc) is 3.09. The summed E-state index contributed by atoms with van der Waals surface area (Å²) in [5.41, 5.74) is 5.67. The molecule has 0 aromatic carbocycles. The molecule has 2 aromatic rings. The Morgan fingerprint density at radius 1 is 1.26 bits per heavy atom. The first-order valence-corrected chi connectivity index (χ1v) is 6.45. The van der Waals surface area contributed by atoms with Crippen molar-refractivity contribution in [2.24, 2.45) is 5.92 Å². The minimum Gasteiger partial charge on any atom is -0.463 e. The maximum Gasteiger partial charge on any atom is 0.323 e. The molecule has 2 heterocycles. The molecule has 0 atom stereocenters. The second-order valence-electron chi connectivity index (χ2n) is 4.69. The molecule has 0 unspecified atom stereocenters. The Labute approximate surface area is 110 Å². The van der Waals surface area contributed by atoms with E-state index < -0.39 is 0 Å². The van der Waals surface area contributed by atoms with Crippen LogP contribution in [0.15, 0.2) is 18.5 Å². The highest BCUT2D eigenvalue weighted by Crippen LogP contribution is 2.25. The quantitative estimate of drug-likeness (QED) is 0.888. The van der Waals surface area contributed by atoms with Crippen LogP contribution in [0.1, 0.15) is 25.7 Å². The molecule has 0 saturated heterocycles. The summed E-state index contributed by atoms with van der Waals surface area (Å²) >= 11 is 0. The number of rotatable bonds is 4. The number of anilines is 1. The summed E-state index contributed by atoms with van der Waals surface area (Å²) in [4.78, 5) is 12.2. The minimum atomic E-state index is 0.141. The first-order chi connectivity index (χ1) is 9.31. The molecular formula is C12H16N6O. The van der Waals surface area contributed by atoms with Gasteiger partial charge in [-0.3, -0.25) is 0 Å². The Morgan fingerprint density at radius 3 is 2.84 bits per heavy atom. The molecular weight excluding hydrogens is 244 g/mol. The predicted octanol–water partition coefficient (Wildman–Crippen LogP) is 1.21. The molecule has 19 heavy (non-hydrogen) atoms. The van der Waals surface area contributed by atoms with Gasteiger partial charge < -0.3 is 10.5 Å². The Morgan fingerprint density at radius 2 is 2.11 bits per heavy atom. The summed E-state index contributed by atoms with van der Waals surface area (Å²) in [7, 11) is 0. The Kier molecular flexibility index (Phi) is 3.26. The molecule has 0 aliphatic heterocycles. The van der Waals surface area contributed by atoms with Gasteiger partial charge in [-0.05, 0) is 24.8 Å². The van der Waals surface area contributed by atoms with Crippen LogP contribution < -0.4 is 10.5 Å². The fourth-order valence-corrected chi connectivity index (χ4v) is 2.28. The van der Waals surface area contributed by atoms with Crippen LogP contribution >= 0.6 is 0 Å². The molecule has 0 bridgehead atoms. The summed E-state index contributed by atoms with van der Waals surface area (Å²) in [5, 5.41) is 4.06. The number of nitrogens with two attached hydrogens (primary N) is 1. The third-order valence-electron chi connectivity index (χ3n) is 3.25. The third-order valence-corrected chi connectivity index (χ3v) is 3.25. The Balaban J connectivity index is 1.74. The van der Waals surface area contributed by atoms with Crippen molar-refractivity contribution in [3.63, 3.8) is 0 Å². The second kappa shape index (κ2) is 5.21. The zero-order valence-corrected chi connectivity index (χ0v) is 10.6. The largest absolute Gasteiger partial charge is 0.463 e. The molecule has 1 aliphatic rings. The zero-order valence-electron chi connectivity index (χ0n) is 10.6. The Hall–Kier alpha value is -2.18. The van der Waals surface area contributed by atoms with E-state index in [2.05, 4.69) is 20.1 Å². The number of aromatic nitrogens is 5. The number of hydrogen-bond donors (Lipinski definition) is 1. The lowest BCUT2D eigenvalue weighted by Crippen LogP contribution is -2.13. The van der Waals surface area contributed by atoms with Crippen LogP contribution in [-0.4, -0.2) is 31.3 Å². The van der Waals surface area contributed by atoms with E-state index >= 15 is 0 Å². The van der Waals surface area contributed by atoms with Crippen molar-refractivity contribution in [3.05, 3.63) is 18.5 Å². The highest BCUT2D eigenvalue weighted by molar-refractivity contribution is 5.24. The fourth-order valence-electron chi connectivity index (χ4n) is 2.28. The van der Waals surface area contributed by atoms with E-state index in [9.17, 15) is 0 Å². The smallest absolute Gasteiger partial charge is 0.323 e. The highest BCUT2D eigenvalue weighted by Gasteiger charge is 2.16. The van der Waals surface area contributed by atoms with Crippen molar-refractivity contribution in [2.45, 2.75) is 25.7 Å². The lowest BCUT2D eigenvalue weighted by atomic mass is 10.1. The van der Waals surface area contributed by atoms with Crippen LogP contribution in [-0.2, 0) is 0 Å². The summed E-state index contributed by atoms with van der Waals surface area (Å²) < 4.78 is 7.15. The van der Waals surface area contributed by atoms with Crippen LogP contribution in [0, 0.1) is 5.92 Å². The van der Waals surface area contributed by atoms with Crippen molar-refractivity contribution in [3.8, 4) is 12.0 Å². The number of ether oxygens (including phenoxy) is 1. The van der Waals surface area contributed by atoms with Crippen molar-refractivity contribution >= 4 is 5.95 Å². The zero-order chi connectivity index (χ0) is 13.1. The van der Waals surface area contributed by atoms with Crippen molar-refractivity contribution in [2.75, 3.05) is 12.3 Å². The molecule has 7 heteroatoms. The van der Waals surface area contributed by atoms with Gasteiger partial charge in [0.05, 0.1) is 6.61 Å². The summed E-state index contributed by atoms with van der Waals surface area (Å²) in [6.07, 6.45) is 8.39. The molecule has 2 aromatic heterocycles. The number of nitrogens with zero attached hydrogens (tertiary/aromatic N) is 5. The summed E-state index contributed by atoms with van der Waals surface area (Å²) in [5.74, 6) is 1.12. The van der Waals surface area contributed by atoms with Crippen LogP contribution in [0.3, 0.4) is 0 Å². The standard InChI is InChI=1S/C12H16N6O/c13-10-15-11(18-7-3-6-14-18)17-12(16-10)19-8-9-4-1-2-5-9/h3,6-7,9H,1-2,4-5,8H2,(H2,13,15,16,17). The molecule has 0 spiro atoms. The maximum absolute atomic E-state index is 5.67. The number of hydrogen-bond acceptors (Lipinski definition) is 6. The summed E-state index contributed by atoms with van der Waals surface area (Å²) in [6.45, 7) is 0.641. The van der Waals surface area contributed by atoms with E-state index in [1.165, 1.54) is 30.4 Å². The molecule has 7 nitrogen and oxygen atoms in total. The van der Waals surface area contributed by atoms with Crippen molar-refractivity contribution < 1.29 is 4.74 Å². The van der Waals surface area contributed by atoms with Gasteiger partial charge in [0.1, 0.15) is 0 Å². The normalized spacial score (nSPS) is 15.8. The predicted molar refractivity (Wildman–Crippen MR) is 68.8 cm³/mol. The van der Waals surface area contributed by atoms with E-state index in [0.29, 0.717) is 18.5 Å². The van der Waals surface area contributed by atoms with E-state index in [-0.39, 0.29) is 12.0 Å². The molecule has 1 fully saturated rings. The minimum absolute atomic E-state index is 0.141. The van der Waals surface area contributed by atoms with Gasteiger partial charge in [0.15, 0.2) is 0 Å². The monoisotopic (exact) mass is 260 g/mol. The molecule has 0 radical (unpaired) electrons. The Bertz CT molecular complexity index is 535. The van der Waals surface area contributed by atoms with Gasteiger partial charge in [0.2, 0.25) is 5.95 Å². The molecule has 3 rings (SSSR count). The molecule has 1 aliphatic carbocycles. The first kappa shape index (κ1) is 11.9. The molecule has 2 N–H and O–H groups in total. The van der Waals surface area contributed by atoms with Crippen LogP contribution in [0.4, 0.5) is 5.95 Å². The van der Waals surface area contributed by atoms with Crippen LogP contribution in [0.2, 0.25) is 0 Å². The van der Waals surface area contributed by atoms with Gasteiger partial charge in [-0.15, -0.1) is 0 Å². The topological polar surface area (TPSA) is 91.7 Å². The van der Waals surface area contributed by atoms with E-state index in [4.69, 9.17) is 10.5 Å². The lowest BCUT2D eigenvalue weighted by molar-refractivity contribution is 0.233. The van der Waals surface area contributed by atoms with Gasteiger partial charge in [-0.1, -0.05) is 12.8 Å². The van der Waals surface area contributed by atoms with E-state index in [0.717, 1.165) is 0 Å². The third kappa shape index (κ3) is 2.81. The summed E-state index contributed by atoms with van der Waals surface area (Å²) in [6, 6.07) is 2.06. The lowest BCUT2D eigenvalue weighted by Gasteiger charge is -2.10. The van der Waals surface area contributed by atoms with Gasteiger partial charge in [-0.25, -0.2) is 4.68 Å². The average molecular weight is 260 g/mol. The van der Waals surface area contributed by atoms with Gasteiger partial charge in [-0.2, -0.15) is 20.1 Å². The maximum atomic E-state index is 5.67. The second-order valence-corrected chi connectivity index (χ2v) is 4.69. The fraction of sp³-hybridized carbons (Fsp3) is 0.500. The SMILES string of the molecule is Nc1nc(OCC2CCCC2)nc(-n2cccn2)n1. The van der Waals surface area contributed by atoms with Gasteiger partial charge in [0, 0.05) is 12.4 Å².